The van der Waals surface area contributed by atoms with Crippen LogP contribution >= 0.6 is 0 Å². The van der Waals surface area contributed by atoms with Crippen LogP contribution < -0.4 is 11.1 Å². The van der Waals surface area contributed by atoms with Gasteiger partial charge in [0.2, 0.25) is 5.82 Å². The van der Waals surface area contributed by atoms with Crippen molar-refractivity contribution >= 4 is 26.1 Å². The molecule has 3 unspecified atom stereocenters. The van der Waals surface area contributed by atoms with Gasteiger partial charge in [-0.2, -0.15) is 18.3 Å². The van der Waals surface area contributed by atoms with Crippen molar-refractivity contribution in [2.45, 2.75) is 103 Å². The fraction of sp³-hybridized carbons (Fsp3) is 0.629. The Bertz CT molecular complexity index is 1660. The smallest absolute Gasteiger partial charge is 0.390 e. The molecule has 3 aromatic heterocycles. The lowest BCUT2D eigenvalue weighted by Crippen LogP contribution is -2.45. The van der Waals surface area contributed by atoms with Gasteiger partial charge in [0.1, 0.15) is 24.3 Å². The van der Waals surface area contributed by atoms with Gasteiger partial charge in [-0.25, -0.2) is 9.97 Å². The molecule has 5 heterocycles. The van der Waals surface area contributed by atoms with Crippen LogP contribution in [0.5, 0.6) is 0 Å². The first-order chi connectivity index (χ1) is 24.2. The maximum atomic E-state index is 13.4. The van der Waals surface area contributed by atoms with E-state index < -0.39 is 38.1 Å². The molecular formula is C35H52F3N9O3Si. The number of carbonyl (C=O) groups excluding carboxylic acids is 1. The van der Waals surface area contributed by atoms with E-state index in [0.717, 1.165) is 54.9 Å². The number of fused-ring (bicyclic) bond motifs is 1. The largest absolute Gasteiger partial charge is 0.451 e. The fourth-order valence-electron chi connectivity index (χ4n) is 7.19. The number of hydrogen-bond donors (Lipinski definition) is 3. The second kappa shape index (κ2) is 16.0. The predicted molar refractivity (Wildman–Crippen MR) is 192 cm³/mol. The summed E-state index contributed by atoms with van der Waals surface area (Å²) < 4.78 is 50.2. The number of amides is 1. The van der Waals surface area contributed by atoms with Crippen molar-refractivity contribution in [3.8, 4) is 0 Å². The Kier molecular flexibility index (Phi) is 12.1. The third-order valence-corrected chi connectivity index (χ3v) is 12.2. The van der Waals surface area contributed by atoms with Crippen molar-refractivity contribution in [2.75, 3.05) is 31.6 Å². The van der Waals surface area contributed by atoms with Crippen LogP contribution in [0.3, 0.4) is 0 Å². The number of hydrogen-bond acceptors (Lipinski definition) is 9. The number of nitrogens with two attached hydrogens (primary N) is 1. The van der Waals surface area contributed by atoms with Crippen LogP contribution in [0, 0.1) is 11.8 Å². The molecular weight excluding hydrogens is 680 g/mol. The number of likely N-dealkylation sites (tertiary alicyclic amines) is 1. The van der Waals surface area contributed by atoms with Gasteiger partial charge in [-0.15, -0.1) is 0 Å². The van der Waals surface area contributed by atoms with E-state index in [1.807, 2.05) is 17.1 Å². The first kappa shape index (κ1) is 38.6. The van der Waals surface area contributed by atoms with Gasteiger partial charge in [-0.3, -0.25) is 14.5 Å². The molecule has 2 aliphatic heterocycles. The zero-order valence-electron chi connectivity index (χ0n) is 30.3. The zero-order chi connectivity index (χ0) is 37.0. The van der Waals surface area contributed by atoms with Gasteiger partial charge in [0.05, 0.1) is 30.4 Å². The molecule has 5 rings (SSSR count). The minimum Gasteiger partial charge on any atom is -0.390 e. The highest BCUT2D eigenvalue weighted by Gasteiger charge is 2.39. The number of piperidine rings is 1. The van der Waals surface area contributed by atoms with Gasteiger partial charge >= 0.3 is 6.18 Å². The molecule has 51 heavy (non-hydrogen) atoms. The Morgan fingerprint density at radius 2 is 1.94 bits per heavy atom. The molecule has 1 fully saturated rings. The van der Waals surface area contributed by atoms with Crippen LogP contribution in [0.15, 0.2) is 35.7 Å². The second-order valence-electron chi connectivity index (χ2n) is 15.0. The normalized spacial score (nSPS) is 18.7. The number of carbonyl (C=O) groups is 1. The summed E-state index contributed by atoms with van der Waals surface area (Å²) >= 11 is 0. The van der Waals surface area contributed by atoms with Crippen molar-refractivity contribution < 1.29 is 27.8 Å². The van der Waals surface area contributed by atoms with E-state index in [4.69, 9.17) is 20.6 Å². The molecule has 16 heteroatoms. The SMILES string of the molecule is CCC(CC(CC)(CN)n1cc(C2N=CNc3c2ccn3COCC[Si](C)(C)C)cn1)C1CCN(C(=O)c2cc(CO)nc(C(F)(F)F)n2)CC1. The van der Waals surface area contributed by atoms with Crippen molar-refractivity contribution in [1.29, 1.82) is 0 Å². The minimum atomic E-state index is -4.83. The molecule has 0 aliphatic carbocycles. The zero-order valence-corrected chi connectivity index (χ0v) is 31.3. The lowest BCUT2D eigenvalue weighted by molar-refractivity contribution is -0.145. The van der Waals surface area contributed by atoms with Gasteiger partial charge in [0, 0.05) is 57.8 Å². The monoisotopic (exact) mass is 731 g/mol. The van der Waals surface area contributed by atoms with Crippen molar-refractivity contribution in [1.82, 2.24) is 29.2 Å². The summed E-state index contributed by atoms with van der Waals surface area (Å²) in [5.41, 5.74) is 7.54. The molecule has 1 amide bonds. The quantitative estimate of drug-likeness (QED) is 0.130. The molecule has 1 saturated heterocycles. The van der Waals surface area contributed by atoms with Crippen LogP contribution in [-0.4, -0.2) is 80.9 Å². The van der Waals surface area contributed by atoms with E-state index in [1.54, 1.807) is 11.2 Å². The topological polar surface area (TPSA) is 149 Å². The Hall–Kier alpha value is -3.60. The summed E-state index contributed by atoms with van der Waals surface area (Å²) in [6.07, 6.45) is 6.75. The highest BCUT2D eigenvalue weighted by Crippen LogP contribution is 2.40. The molecule has 0 saturated carbocycles. The number of ether oxygens (including phenoxy) is 1. The first-order valence-corrected chi connectivity index (χ1v) is 21.6. The molecule has 12 nitrogen and oxygen atoms in total. The molecule has 3 aromatic rings. The van der Waals surface area contributed by atoms with E-state index in [0.29, 0.717) is 45.1 Å². The van der Waals surface area contributed by atoms with Crippen molar-refractivity contribution in [3.63, 3.8) is 0 Å². The number of aliphatic hydroxyl groups excluding tert-OH is 1. The molecule has 4 N–H and O–H groups in total. The maximum Gasteiger partial charge on any atom is 0.451 e. The highest BCUT2D eigenvalue weighted by molar-refractivity contribution is 6.76. The molecule has 280 valence electrons. The summed E-state index contributed by atoms with van der Waals surface area (Å²) in [5.74, 6) is -0.483. The number of nitrogens with zero attached hydrogens (tertiary/aromatic N) is 7. The Balaban J connectivity index is 1.25. The summed E-state index contributed by atoms with van der Waals surface area (Å²) in [4.78, 5) is 26.4. The summed E-state index contributed by atoms with van der Waals surface area (Å²) in [6.45, 7) is 13.0. The number of rotatable bonds is 15. The van der Waals surface area contributed by atoms with Crippen molar-refractivity contribution in [3.05, 3.63) is 59.1 Å². The second-order valence-corrected chi connectivity index (χ2v) is 20.6. The lowest BCUT2D eigenvalue weighted by atomic mass is 9.74. The number of halogens is 3. The number of nitrogens with one attached hydrogen (secondary N) is 1. The fourth-order valence-corrected chi connectivity index (χ4v) is 7.94. The Morgan fingerprint density at radius 1 is 1.20 bits per heavy atom. The van der Waals surface area contributed by atoms with E-state index >= 15 is 0 Å². The summed E-state index contributed by atoms with van der Waals surface area (Å²) in [6, 6.07) is 4.10. The van der Waals surface area contributed by atoms with Gasteiger partial charge in [-0.05, 0) is 55.7 Å². The van der Waals surface area contributed by atoms with Crippen LogP contribution in [0.1, 0.15) is 85.1 Å². The molecule has 0 spiro atoms. The van der Waals surface area contributed by atoms with Gasteiger partial charge < -0.3 is 30.4 Å². The first-order valence-electron chi connectivity index (χ1n) is 17.9. The van der Waals surface area contributed by atoms with E-state index in [-0.39, 0.29) is 23.3 Å². The third kappa shape index (κ3) is 8.89. The molecule has 0 radical (unpaired) electrons. The highest BCUT2D eigenvalue weighted by atomic mass is 28.3. The lowest BCUT2D eigenvalue weighted by Gasteiger charge is -2.41. The average molecular weight is 732 g/mol. The molecule has 0 aromatic carbocycles. The van der Waals surface area contributed by atoms with E-state index in [1.165, 1.54) is 0 Å². The van der Waals surface area contributed by atoms with Crippen LogP contribution in [0.2, 0.25) is 25.7 Å². The number of aliphatic imine (C=N–C) groups is 1. The third-order valence-electron chi connectivity index (χ3n) is 10.5. The minimum absolute atomic E-state index is 0.218. The van der Waals surface area contributed by atoms with E-state index in [9.17, 15) is 23.1 Å². The summed E-state index contributed by atoms with van der Waals surface area (Å²) in [5, 5.41) is 17.6. The molecule has 2 aliphatic rings. The number of aromatic nitrogens is 5. The van der Waals surface area contributed by atoms with Gasteiger partial charge in [-0.1, -0.05) is 39.9 Å². The summed E-state index contributed by atoms with van der Waals surface area (Å²) in [7, 11) is -1.18. The van der Waals surface area contributed by atoms with E-state index in [2.05, 4.69) is 65.6 Å². The molecule has 0 bridgehead atoms. The number of anilines is 1. The van der Waals surface area contributed by atoms with Gasteiger partial charge in [0.15, 0.2) is 0 Å². The van der Waals surface area contributed by atoms with Crippen molar-refractivity contribution in [2.24, 2.45) is 22.6 Å². The average Bonchev–Trinajstić information content (AvgIpc) is 3.78. The number of aliphatic hydroxyl groups is 1. The standard InChI is InChI=1S/C35H52F3N9O3Si/c1-6-24(25-8-11-45(12-9-25)32(49)29-16-27(20-48)43-33(44-29)35(36,37)38)17-34(7-2,21-39)47-19-26(18-42-47)30-28-10-13-46(31(28)41-22-40-30)23-50-14-15-51(3,4)5/h10,13,16,18-19,22,24-25,30,48H,6-9,11-12,14-15,17,20-21,23,39H2,1-5H3,(H,40,41). The van der Waals surface area contributed by atoms with Crippen LogP contribution in [0.4, 0.5) is 19.0 Å². The molecule has 3 atom stereocenters. The Labute approximate surface area is 298 Å². The van der Waals surface area contributed by atoms with Gasteiger partial charge in [0.25, 0.3) is 5.91 Å². The Morgan fingerprint density at radius 3 is 2.57 bits per heavy atom. The maximum absolute atomic E-state index is 13.4. The predicted octanol–water partition coefficient (Wildman–Crippen LogP) is 5.87. The van der Waals surface area contributed by atoms with Crippen LogP contribution in [-0.2, 0) is 29.8 Å². The number of alkyl halides is 3. The van der Waals surface area contributed by atoms with Crippen LogP contribution in [0.25, 0.3) is 0 Å².